The van der Waals surface area contributed by atoms with Crippen LogP contribution in [0.4, 0.5) is 10.2 Å². The Bertz CT molecular complexity index is 1250. The van der Waals surface area contributed by atoms with Gasteiger partial charge in [-0.1, -0.05) is 12.1 Å². The van der Waals surface area contributed by atoms with Gasteiger partial charge in [0.2, 0.25) is 5.91 Å². The molecular formula is C21H16B2FN5O. The van der Waals surface area contributed by atoms with Crippen LogP contribution in [0.1, 0.15) is 11.4 Å². The van der Waals surface area contributed by atoms with Crippen molar-refractivity contribution >= 4 is 38.3 Å². The molecule has 0 saturated carbocycles. The number of carbonyl (C=O) groups is 1. The molecule has 0 bridgehead atoms. The van der Waals surface area contributed by atoms with Crippen molar-refractivity contribution in [3.63, 3.8) is 0 Å². The highest BCUT2D eigenvalue weighted by Gasteiger charge is 2.29. The number of carbonyl (C=O) groups excluding carboxylic acids is 1. The normalized spacial score (nSPS) is 11.6. The molecular weight excluding hydrogens is 379 g/mol. The van der Waals surface area contributed by atoms with Crippen molar-refractivity contribution in [3.8, 4) is 11.4 Å². The van der Waals surface area contributed by atoms with Crippen molar-refractivity contribution in [2.45, 2.75) is 12.1 Å². The maximum absolute atomic E-state index is 13.1. The van der Waals surface area contributed by atoms with Crippen LogP contribution in [0, 0.1) is 12.7 Å². The number of pyridine rings is 2. The lowest BCUT2D eigenvalue weighted by atomic mass is 9.50. The molecule has 0 fully saturated rings. The van der Waals surface area contributed by atoms with Crippen LogP contribution in [0.15, 0.2) is 54.9 Å². The highest BCUT2D eigenvalue weighted by Crippen LogP contribution is 2.24. The minimum absolute atomic E-state index is 0.251. The van der Waals surface area contributed by atoms with Gasteiger partial charge in [0, 0.05) is 24.7 Å². The number of imidazole rings is 1. The van der Waals surface area contributed by atoms with Gasteiger partial charge in [-0.05, 0) is 42.0 Å². The van der Waals surface area contributed by atoms with Crippen molar-refractivity contribution in [3.05, 3.63) is 72.1 Å². The maximum atomic E-state index is 13.1. The third-order valence-corrected chi connectivity index (χ3v) is 5.00. The molecule has 0 aliphatic heterocycles. The van der Waals surface area contributed by atoms with Crippen molar-refractivity contribution < 1.29 is 9.18 Å². The summed E-state index contributed by atoms with van der Waals surface area (Å²) in [6.45, 7) is 1.91. The standard InChI is InChI=1S/C21H16B2FN5O/c1-12-25-11-18(29(12)2)16-8-3-13-10-26-19(9-17(13)27-16)28-20(30)21(22,23)14-4-6-15(24)7-5-14/h3-11H,1-2H3,(H,26,28,30). The number of fused-ring (bicyclic) bond motifs is 1. The van der Waals surface area contributed by atoms with Gasteiger partial charge in [-0.25, -0.2) is 19.3 Å². The Morgan fingerprint density at radius 3 is 2.50 bits per heavy atom. The van der Waals surface area contributed by atoms with Gasteiger partial charge in [0.05, 0.1) is 38.8 Å². The van der Waals surface area contributed by atoms with E-state index >= 15 is 0 Å². The molecule has 1 N–H and O–H groups in total. The number of amides is 1. The first kappa shape index (κ1) is 19.8. The Kier molecular flexibility index (Phi) is 4.89. The zero-order valence-corrected chi connectivity index (χ0v) is 16.4. The average Bonchev–Trinajstić information content (AvgIpc) is 3.06. The van der Waals surface area contributed by atoms with Gasteiger partial charge in [-0.15, -0.1) is 0 Å². The summed E-state index contributed by atoms with van der Waals surface area (Å²) in [6.07, 6.45) is 3.36. The molecule has 1 amide bonds. The molecule has 3 heterocycles. The third-order valence-electron chi connectivity index (χ3n) is 5.00. The van der Waals surface area contributed by atoms with E-state index in [0.29, 0.717) is 5.52 Å². The average molecular weight is 395 g/mol. The molecule has 4 radical (unpaired) electrons. The van der Waals surface area contributed by atoms with Crippen molar-refractivity contribution in [1.29, 1.82) is 0 Å². The summed E-state index contributed by atoms with van der Waals surface area (Å²) < 4.78 is 15.1. The molecule has 9 heteroatoms. The first-order chi connectivity index (χ1) is 14.3. The number of benzene rings is 1. The molecule has 6 nitrogen and oxygen atoms in total. The maximum Gasteiger partial charge on any atom is 0.218 e. The number of aromatic nitrogens is 4. The van der Waals surface area contributed by atoms with E-state index in [1.54, 1.807) is 18.5 Å². The fraction of sp³-hybridized carbons (Fsp3) is 0.143. The smallest absolute Gasteiger partial charge is 0.218 e. The van der Waals surface area contributed by atoms with Crippen LogP contribution in [0.2, 0.25) is 0 Å². The number of halogens is 1. The minimum atomic E-state index is -1.86. The molecule has 4 aromatic rings. The predicted octanol–water partition coefficient (Wildman–Crippen LogP) is 2.61. The number of hydrogen-bond donors (Lipinski definition) is 1. The van der Waals surface area contributed by atoms with E-state index in [0.717, 1.165) is 22.6 Å². The summed E-state index contributed by atoms with van der Waals surface area (Å²) in [4.78, 5) is 25.9. The Labute approximate surface area is 175 Å². The topological polar surface area (TPSA) is 72.7 Å². The Morgan fingerprint density at radius 1 is 1.10 bits per heavy atom. The number of nitrogens with zero attached hydrogens (tertiary/aromatic N) is 4. The first-order valence-electron chi connectivity index (χ1n) is 9.16. The summed E-state index contributed by atoms with van der Waals surface area (Å²) in [5.74, 6) is -0.00523. The van der Waals surface area contributed by atoms with E-state index < -0.39 is 16.9 Å². The molecule has 0 unspecified atom stereocenters. The van der Waals surface area contributed by atoms with Gasteiger partial charge in [0.25, 0.3) is 0 Å². The van der Waals surface area contributed by atoms with Gasteiger partial charge in [0.1, 0.15) is 17.5 Å². The van der Waals surface area contributed by atoms with Crippen LogP contribution in [-0.4, -0.2) is 41.1 Å². The first-order valence-corrected chi connectivity index (χ1v) is 9.16. The van der Waals surface area contributed by atoms with E-state index in [1.807, 2.05) is 30.7 Å². The Balaban J connectivity index is 1.63. The lowest BCUT2D eigenvalue weighted by molar-refractivity contribution is -0.117. The second kappa shape index (κ2) is 7.40. The van der Waals surface area contributed by atoms with Gasteiger partial charge >= 0.3 is 0 Å². The Hall–Kier alpha value is -3.48. The number of hydrogen-bond acceptors (Lipinski definition) is 4. The van der Waals surface area contributed by atoms with Gasteiger partial charge < -0.3 is 9.88 Å². The summed E-state index contributed by atoms with van der Waals surface area (Å²) in [6, 6.07) is 10.5. The Morgan fingerprint density at radius 2 is 1.83 bits per heavy atom. The van der Waals surface area contributed by atoms with Crippen molar-refractivity contribution in [1.82, 2.24) is 19.5 Å². The van der Waals surface area contributed by atoms with Crippen molar-refractivity contribution in [2.24, 2.45) is 7.05 Å². The molecule has 144 valence electrons. The molecule has 3 aromatic heterocycles. The molecule has 0 aliphatic rings. The van der Waals surface area contributed by atoms with E-state index in [2.05, 4.69) is 20.3 Å². The van der Waals surface area contributed by atoms with Gasteiger partial charge in [-0.2, -0.15) is 0 Å². The van der Waals surface area contributed by atoms with Gasteiger partial charge in [0.15, 0.2) is 0 Å². The van der Waals surface area contributed by atoms with Crippen LogP contribution in [0.5, 0.6) is 0 Å². The van der Waals surface area contributed by atoms with Crippen molar-refractivity contribution in [2.75, 3.05) is 5.32 Å². The summed E-state index contributed by atoms with van der Waals surface area (Å²) in [5.41, 5.74) is 2.52. The predicted molar refractivity (Wildman–Crippen MR) is 115 cm³/mol. The molecule has 30 heavy (non-hydrogen) atoms. The van der Waals surface area contributed by atoms with E-state index in [9.17, 15) is 9.18 Å². The van der Waals surface area contributed by atoms with Crippen LogP contribution in [0.25, 0.3) is 22.3 Å². The van der Waals surface area contributed by atoms with E-state index in [1.165, 1.54) is 24.3 Å². The molecule has 1 aromatic carbocycles. The second-order valence-electron chi connectivity index (χ2n) is 7.04. The molecule has 0 saturated heterocycles. The number of nitrogens with one attached hydrogen (secondary N) is 1. The van der Waals surface area contributed by atoms with Gasteiger partial charge in [-0.3, -0.25) is 4.79 Å². The number of aryl methyl sites for hydroxylation is 1. The number of rotatable bonds is 4. The fourth-order valence-corrected chi connectivity index (χ4v) is 3.04. The largest absolute Gasteiger partial charge is 0.330 e. The molecule has 0 spiro atoms. The SMILES string of the molecule is [B]C([B])(C(=O)Nc1cc2nc(-c3cnc(C)n3C)ccc2cn1)c1ccc(F)cc1. The van der Waals surface area contributed by atoms with Crippen LogP contribution in [0.3, 0.4) is 0 Å². The van der Waals surface area contributed by atoms with Crippen LogP contribution in [-0.2, 0) is 17.1 Å². The number of anilines is 1. The van der Waals surface area contributed by atoms with E-state index in [4.69, 9.17) is 15.7 Å². The monoisotopic (exact) mass is 395 g/mol. The van der Waals surface area contributed by atoms with E-state index in [-0.39, 0.29) is 11.4 Å². The highest BCUT2D eigenvalue weighted by molar-refractivity contribution is 6.52. The molecule has 0 aliphatic carbocycles. The summed E-state index contributed by atoms with van der Waals surface area (Å²) in [5, 5.41) is 1.56. The van der Waals surface area contributed by atoms with Crippen LogP contribution >= 0.6 is 0 Å². The fourth-order valence-electron chi connectivity index (χ4n) is 3.04. The highest BCUT2D eigenvalue weighted by atomic mass is 19.1. The molecule has 0 atom stereocenters. The van der Waals surface area contributed by atoms with Crippen LogP contribution < -0.4 is 5.32 Å². The second-order valence-corrected chi connectivity index (χ2v) is 7.04. The lowest BCUT2D eigenvalue weighted by Crippen LogP contribution is -2.41. The summed E-state index contributed by atoms with van der Waals surface area (Å²) >= 11 is 0. The quantitative estimate of drug-likeness (QED) is 0.540. The minimum Gasteiger partial charge on any atom is -0.330 e. The lowest BCUT2D eigenvalue weighted by Gasteiger charge is -2.25. The zero-order chi connectivity index (χ0) is 21.5. The molecule has 4 rings (SSSR count). The summed E-state index contributed by atoms with van der Waals surface area (Å²) in [7, 11) is 13.9. The third kappa shape index (κ3) is 3.58. The zero-order valence-electron chi connectivity index (χ0n) is 16.4.